The van der Waals surface area contributed by atoms with E-state index in [1.165, 1.54) is 38.8 Å². The summed E-state index contributed by atoms with van der Waals surface area (Å²) < 4.78 is 52.4. The fourth-order valence-corrected chi connectivity index (χ4v) is 8.39. The van der Waals surface area contributed by atoms with Gasteiger partial charge in [0.25, 0.3) is 0 Å². The Morgan fingerprint density at radius 3 is 1.94 bits per heavy atom. The maximum Gasteiger partial charge on any atom is 0.303 e. The van der Waals surface area contributed by atoms with E-state index < -0.39 is 60.7 Å². The minimum Gasteiger partial charge on any atom is -0.493 e. The summed E-state index contributed by atoms with van der Waals surface area (Å²) in [6.07, 6.45) is -5.31. The molecule has 3 aromatic carbocycles. The van der Waals surface area contributed by atoms with E-state index in [2.05, 4.69) is 22.3 Å². The van der Waals surface area contributed by atoms with Crippen LogP contribution in [0.15, 0.2) is 60.7 Å². The first-order valence-electron chi connectivity index (χ1n) is 20.9. The summed E-state index contributed by atoms with van der Waals surface area (Å²) in [5.41, 5.74) is 5.98. The number of hydrogen-bond donors (Lipinski definition) is 2. The minimum absolute atomic E-state index is 0.0165. The molecule has 0 saturated carbocycles. The number of benzene rings is 3. The third-order valence-electron chi connectivity index (χ3n) is 11.1. The predicted molar refractivity (Wildman–Crippen MR) is 229 cm³/mol. The van der Waals surface area contributed by atoms with Crippen LogP contribution in [0.3, 0.4) is 0 Å². The van der Waals surface area contributed by atoms with Gasteiger partial charge < -0.3 is 53.1 Å². The van der Waals surface area contributed by atoms with Gasteiger partial charge in [-0.3, -0.25) is 24.1 Å². The van der Waals surface area contributed by atoms with Crippen molar-refractivity contribution in [3.63, 3.8) is 0 Å². The summed E-state index contributed by atoms with van der Waals surface area (Å²) in [4.78, 5) is 51.1. The Kier molecular flexibility index (Phi) is 16.5. The van der Waals surface area contributed by atoms with Gasteiger partial charge in [-0.05, 0) is 46.4 Å². The number of aliphatic hydroxyl groups excluding tert-OH is 1. The zero-order valence-corrected chi connectivity index (χ0v) is 37.2. The van der Waals surface area contributed by atoms with E-state index in [-0.39, 0.29) is 31.8 Å². The normalized spacial score (nSPS) is 24.6. The number of thiocarbonyl (C=S) groups is 1. The lowest BCUT2D eigenvalue weighted by Crippen LogP contribution is -2.62. The van der Waals surface area contributed by atoms with Crippen molar-refractivity contribution in [1.82, 2.24) is 10.2 Å². The number of fused-ring (bicyclic) bond motifs is 1. The van der Waals surface area contributed by atoms with Crippen LogP contribution in [0, 0.1) is 0 Å². The molecule has 0 radical (unpaired) electrons. The van der Waals surface area contributed by atoms with Crippen molar-refractivity contribution in [3.8, 4) is 11.5 Å². The second-order valence-electron chi connectivity index (χ2n) is 15.8. The molecule has 3 aliphatic heterocycles. The number of esters is 4. The number of rotatable bonds is 16. The third-order valence-corrected chi connectivity index (χ3v) is 11.4. The van der Waals surface area contributed by atoms with Crippen LogP contribution < -0.4 is 14.8 Å². The maximum absolute atomic E-state index is 12.3. The van der Waals surface area contributed by atoms with E-state index in [4.69, 9.17) is 54.8 Å². The van der Waals surface area contributed by atoms with Crippen LogP contribution in [0.1, 0.15) is 86.3 Å². The van der Waals surface area contributed by atoms with Crippen LogP contribution in [0.4, 0.5) is 0 Å². The Labute approximate surface area is 372 Å². The summed E-state index contributed by atoms with van der Waals surface area (Å²) >= 11 is 5.72. The monoisotopic (exact) mass is 892 g/mol. The van der Waals surface area contributed by atoms with Gasteiger partial charge in [-0.15, -0.1) is 0 Å². The highest BCUT2D eigenvalue weighted by Gasteiger charge is 2.52. The van der Waals surface area contributed by atoms with Gasteiger partial charge in [-0.25, -0.2) is 0 Å². The molecular formula is C46H56N2O14S. The van der Waals surface area contributed by atoms with Crippen molar-refractivity contribution in [2.24, 2.45) is 0 Å². The van der Waals surface area contributed by atoms with E-state index in [0.29, 0.717) is 30.2 Å². The Bertz CT molecular complexity index is 2080. The highest BCUT2D eigenvalue weighted by molar-refractivity contribution is 7.80. The van der Waals surface area contributed by atoms with Crippen molar-refractivity contribution < 1.29 is 66.9 Å². The summed E-state index contributed by atoms with van der Waals surface area (Å²) in [5.74, 6) is -1.29. The summed E-state index contributed by atoms with van der Waals surface area (Å²) in [6, 6.07) is 19.7. The molecule has 2 N–H and O–H groups in total. The molecule has 8 atom stereocenters. The predicted octanol–water partition coefficient (Wildman–Crippen LogP) is 4.73. The molecule has 340 valence electrons. The van der Waals surface area contributed by atoms with Gasteiger partial charge in [0.05, 0.1) is 38.0 Å². The van der Waals surface area contributed by atoms with Gasteiger partial charge in [-0.2, -0.15) is 0 Å². The molecule has 0 aliphatic carbocycles. The van der Waals surface area contributed by atoms with Crippen molar-refractivity contribution in [3.05, 3.63) is 94.0 Å². The van der Waals surface area contributed by atoms with Crippen LogP contribution in [0.5, 0.6) is 11.5 Å². The first-order chi connectivity index (χ1) is 30.2. The Balaban J connectivity index is 1.13. The second-order valence-corrected chi connectivity index (χ2v) is 16.3. The average Bonchev–Trinajstić information content (AvgIpc) is 3.26. The lowest BCUT2D eigenvalue weighted by atomic mass is 9.92. The number of carbonyl (C=O) groups excluding carboxylic acids is 4. The smallest absolute Gasteiger partial charge is 0.303 e. The molecule has 0 bridgehead atoms. The van der Waals surface area contributed by atoms with E-state index in [1.807, 2.05) is 48.5 Å². The van der Waals surface area contributed by atoms with Crippen molar-refractivity contribution in [2.45, 2.75) is 116 Å². The molecule has 8 unspecified atom stereocenters. The van der Waals surface area contributed by atoms with Gasteiger partial charge >= 0.3 is 23.9 Å². The summed E-state index contributed by atoms with van der Waals surface area (Å²) in [5, 5.41) is 12.9. The fraction of sp³-hybridized carbons (Fsp3) is 0.500. The average molecular weight is 893 g/mol. The highest BCUT2D eigenvalue weighted by atomic mass is 32.1. The van der Waals surface area contributed by atoms with Gasteiger partial charge in [-0.1, -0.05) is 60.7 Å². The molecule has 0 amide bonds. The number of ether oxygens (including phenoxy) is 9. The quantitative estimate of drug-likeness (QED) is 0.114. The SMILES string of the molecule is COc1cc2c(cc1OC)CN(CC1CC(c3ccc(CO)cc3)OC(c3ccc(CNC(=S)CC4OC(COC(C)=O)C(OC(C)=O)C(OC(C)=O)C4OC(C)=O)cc3)O1)CC2. The molecule has 6 rings (SSSR count). The number of carbonyl (C=O) groups is 4. The minimum atomic E-state index is -1.28. The summed E-state index contributed by atoms with van der Waals surface area (Å²) in [6.45, 7) is 6.99. The molecule has 2 fully saturated rings. The van der Waals surface area contributed by atoms with E-state index >= 15 is 0 Å². The number of methoxy groups -OCH3 is 2. The number of nitrogens with one attached hydrogen (secondary N) is 1. The number of nitrogens with zero attached hydrogens (tertiary/aromatic N) is 1. The molecular weight excluding hydrogens is 837 g/mol. The van der Waals surface area contributed by atoms with Crippen LogP contribution in [0.25, 0.3) is 0 Å². The van der Waals surface area contributed by atoms with Gasteiger partial charge in [0, 0.05) is 72.3 Å². The van der Waals surface area contributed by atoms with Gasteiger partial charge in [0.1, 0.15) is 18.8 Å². The maximum atomic E-state index is 12.3. The first kappa shape index (κ1) is 47.3. The van der Waals surface area contributed by atoms with Crippen LogP contribution in [-0.2, 0) is 78.5 Å². The molecule has 16 nitrogen and oxygen atoms in total. The van der Waals surface area contributed by atoms with Crippen molar-refractivity contribution in [2.75, 3.05) is 33.9 Å². The Morgan fingerprint density at radius 1 is 0.746 bits per heavy atom. The molecule has 3 aliphatic rings. The molecule has 3 heterocycles. The Hall–Kier alpha value is -5.17. The molecule has 63 heavy (non-hydrogen) atoms. The van der Waals surface area contributed by atoms with Gasteiger partial charge in [0.2, 0.25) is 0 Å². The number of aliphatic hydroxyl groups is 1. The van der Waals surface area contributed by atoms with E-state index in [9.17, 15) is 24.3 Å². The first-order valence-corrected chi connectivity index (χ1v) is 21.3. The van der Waals surface area contributed by atoms with Crippen molar-refractivity contribution >= 4 is 41.1 Å². The molecule has 3 aromatic rings. The second kappa shape index (κ2) is 22.0. The zero-order valence-electron chi connectivity index (χ0n) is 36.4. The highest BCUT2D eigenvalue weighted by Crippen LogP contribution is 2.40. The molecule has 17 heteroatoms. The number of hydrogen-bond acceptors (Lipinski definition) is 16. The lowest BCUT2D eigenvalue weighted by Gasteiger charge is -2.44. The third kappa shape index (κ3) is 12.7. The largest absolute Gasteiger partial charge is 0.493 e. The fourth-order valence-electron chi connectivity index (χ4n) is 8.15. The summed E-state index contributed by atoms with van der Waals surface area (Å²) in [7, 11) is 3.29. The van der Waals surface area contributed by atoms with E-state index in [1.54, 1.807) is 14.2 Å². The molecule has 0 aromatic heterocycles. The Morgan fingerprint density at radius 2 is 1.33 bits per heavy atom. The lowest BCUT2D eigenvalue weighted by molar-refractivity contribution is -0.253. The molecule has 0 spiro atoms. The van der Waals surface area contributed by atoms with Crippen LogP contribution in [-0.4, -0.2) is 109 Å². The standard InChI is InChI=1S/C46H56N2O14S/c1-26(50)56-25-41-44(58-28(3)52)45(59-29(4)53)43(57-27(2)51)40(61-41)20-42(63)47-21-30-7-13-33(14-8-30)46-60-36(19-37(62-46)32-11-9-31(24-49)10-12-32)23-48-16-15-34-17-38(54-5)39(55-6)18-35(34)22-48/h7-14,17-18,36-37,40-41,43-46,49H,15-16,19-25H2,1-6H3,(H,47,63). The van der Waals surface area contributed by atoms with Crippen molar-refractivity contribution in [1.29, 1.82) is 0 Å². The zero-order chi connectivity index (χ0) is 45.2. The van der Waals surface area contributed by atoms with Gasteiger partial charge in [0.15, 0.2) is 36.1 Å². The van der Waals surface area contributed by atoms with Crippen LogP contribution in [0.2, 0.25) is 0 Å². The molecule has 2 saturated heterocycles. The van der Waals surface area contributed by atoms with Crippen LogP contribution >= 0.6 is 12.2 Å². The topological polar surface area (TPSA) is 187 Å². The van der Waals surface area contributed by atoms with E-state index in [0.717, 1.165) is 47.5 Å².